The molecule has 2 aromatic rings. The van der Waals surface area contributed by atoms with Crippen molar-refractivity contribution in [1.82, 2.24) is 4.90 Å². The first-order chi connectivity index (χ1) is 13.6. The van der Waals surface area contributed by atoms with Gasteiger partial charge in [0.05, 0.1) is 13.2 Å². The van der Waals surface area contributed by atoms with Crippen molar-refractivity contribution in [2.75, 3.05) is 19.7 Å². The summed E-state index contributed by atoms with van der Waals surface area (Å²) in [5.41, 5.74) is 8.38. The van der Waals surface area contributed by atoms with Crippen LogP contribution in [0.5, 0.6) is 0 Å². The van der Waals surface area contributed by atoms with Gasteiger partial charge in [0.2, 0.25) is 5.91 Å². The SMILES string of the molecule is Cc1ccc(-c2cccc(CC3(C(N)=O)CN(C(=O)C(C)(C)C)CCO3)c2)cc1. The lowest BCUT2D eigenvalue weighted by Crippen LogP contribution is -2.62. The molecule has 1 saturated heterocycles. The first-order valence-corrected chi connectivity index (χ1v) is 10.00. The van der Waals surface area contributed by atoms with Gasteiger partial charge in [-0.25, -0.2) is 0 Å². The molecule has 0 aromatic heterocycles. The molecule has 0 aliphatic carbocycles. The number of rotatable bonds is 4. The summed E-state index contributed by atoms with van der Waals surface area (Å²) in [7, 11) is 0. The number of morpholine rings is 1. The smallest absolute Gasteiger partial charge is 0.251 e. The van der Waals surface area contributed by atoms with Crippen LogP contribution in [0.4, 0.5) is 0 Å². The molecule has 0 bridgehead atoms. The van der Waals surface area contributed by atoms with Gasteiger partial charge in [-0.2, -0.15) is 0 Å². The third kappa shape index (κ3) is 4.67. The Morgan fingerprint density at radius 1 is 1.10 bits per heavy atom. The van der Waals surface area contributed by atoms with E-state index in [1.165, 1.54) is 5.56 Å². The summed E-state index contributed by atoms with van der Waals surface area (Å²) in [4.78, 5) is 26.9. The molecule has 3 rings (SSSR count). The number of aryl methyl sites for hydroxylation is 1. The molecule has 0 saturated carbocycles. The van der Waals surface area contributed by atoms with Crippen molar-refractivity contribution >= 4 is 11.8 Å². The van der Waals surface area contributed by atoms with Crippen LogP contribution >= 0.6 is 0 Å². The second-order valence-corrected chi connectivity index (χ2v) is 8.93. The number of carbonyl (C=O) groups is 2. The number of hydrogen-bond donors (Lipinski definition) is 1. The van der Waals surface area contributed by atoms with Crippen molar-refractivity contribution in [1.29, 1.82) is 0 Å². The number of primary amides is 1. The van der Waals surface area contributed by atoms with E-state index < -0.39 is 16.9 Å². The van der Waals surface area contributed by atoms with Gasteiger partial charge in [0.25, 0.3) is 5.91 Å². The Kier molecular flexibility index (Phi) is 5.80. The number of ether oxygens (including phenoxy) is 1. The number of carbonyl (C=O) groups excluding carboxylic acids is 2. The Labute approximate surface area is 172 Å². The lowest BCUT2D eigenvalue weighted by Gasteiger charge is -2.42. The quantitative estimate of drug-likeness (QED) is 0.864. The molecule has 0 spiro atoms. The molecule has 1 atom stereocenters. The number of nitrogens with zero attached hydrogens (tertiary/aromatic N) is 1. The highest BCUT2D eigenvalue weighted by Crippen LogP contribution is 2.29. The van der Waals surface area contributed by atoms with Crippen molar-refractivity contribution in [2.24, 2.45) is 11.1 Å². The van der Waals surface area contributed by atoms with Gasteiger partial charge < -0.3 is 15.4 Å². The highest BCUT2D eigenvalue weighted by Gasteiger charge is 2.45. The summed E-state index contributed by atoms with van der Waals surface area (Å²) in [6.45, 7) is 8.62. The molecule has 0 radical (unpaired) electrons. The predicted octanol–water partition coefficient (Wildman–Crippen LogP) is 3.33. The maximum atomic E-state index is 12.8. The molecule has 5 heteroatoms. The number of benzene rings is 2. The zero-order valence-corrected chi connectivity index (χ0v) is 17.7. The number of nitrogens with two attached hydrogens (primary N) is 1. The van der Waals surface area contributed by atoms with Gasteiger partial charge in [0, 0.05) is 18.4 Å². The Morgan fingerprint density at radius 2 is 1.79 bits per heavy atom. The van der Waals surface area contributed by atoms with E-state index in [1.807, 2.05) is 39.0 Å². The van der Waals surface area contributed by atoms with E-state index in [0.29, 0.717) is 19.6 Å². The maximum Gasteiger partial charge on any atom is 0.251 e. The molecule has 2 N–H and O–H groups in total. The molecule has 1 aliphatic heterocycles. The zero-order valence-electron chi connectivity index (χ0n) is 17.7. The van der Waals surface area contributed by atoms with E-state index in [2.05, 4.69) is 37.3 Å². The van der Waals surface area contributed by atoms with E-state index in [-0.39, 0.29) is 12.5 Å². The molecule has 1 heterocycles. The van der Waals surface area contributed by atoms with Crippen molar-refractivity contribution in [3.8, 4) is 11.1 Å². The molecule has 2 amide bonds. The summed E-state index contributed by atoms with van der Waals surface area (Å²) < 4.78 is 5.92. The van der Waals surface area contributed by atoms with Gasteiger partial charge >= 0.3 is 0 Å². The molecule has 2 aromatic carbocycles. The van der Waals surface area contributed by atoms with Crippen molar-refractivity contribution in [3.05, 3.63) is 59.7 Å². The van der Waals surface area contributed by atoms with Crippen LogP contribution in [0.3, 0.4) is 0 Å². The number of hydrogen-bond acceptors (Lipinski definition) is 3. The fourth-order valence-electron chi connectivity index (χ4n) is 3.71. The van der Waals surface area contributed by atoms with Crippen molar-refractivity contribution in [2.45, 2.75) is 39.7 Å². The molecule has 1 unspecified atom stereocenters. The maximum absolute atomic E-state index is 12.8. The molecule has 1 fully saturated rings. The van der Waals surface area contributed by atoms with Gasteiger partial charge in [-0.15, -0.1) is 0 Å². The van der Waals surface area contributed by atoms with Crippen LogP contribution in [-0.2, 0) is 20.7 Å². The summed E-state index contributed by atoms with van der Waals surface area (Å²) >= 11 is 0. The van der Waals surface area contributed by atoms with Crippen LogP contribution in [0.25, 0.3) is 11.1 Å². The predicted molar refractivity (Wildman–Crippen MR) is 114 cm³/mol. The van der Waals surface area contributed by atoms with Crippen LogP contribution in [0, 0.1) is 12.3 Å². The Bertz CT molecular complexity index is 899. The topological polar surface area (TPSA) is 72.6 Å². The fraction of sp³-hybridized carbons (Fsp3) is 0.417. The molecule has 29 heavy (non-hydrogen) atoms. The van der Waals surface area contributed by atoms with Crippen molar-refractivity contribution < 1.29 is 14.3 Å². The third-order valence-electron chi connectivity index (χ3n) is 5.37. The molecular weight excluding hydrogens is 364 g/mol. The summed E-state index contributed by atoms with van der Waals surface area (Å²) in [5.74, 6) is -0.538. The van der Waals surface area contributed by atoms with Crippen LogP contribution in [0.2, 0.25) is 0 Å². The molecule has 154 valence electrons. The first kappa shape index (κ1) is 21.1. The van der Waals surface area contributed by atoms with E-state index >= 15 is 0 Å². The monoisotopic (exact) mass is 394 g/mol. The minimum Gasteiger partial charge on any atom is -0.367 e. The van der Waals surface area contributed by atoms with E-state index in [4.69, 9.17) is 10.5 Å². The zero-order chi connectivity index (χ0) is 21.2. The van der Waals surface area contributed by atoms with Crippen LogP contribution in [0.1, 0.15) is 31.9 Å². The number of amides is 2. The Morgan fingerprint density at radius 3 is 2.41 bits per heavy atom. The molecule has 5 nitrogen and oxygen atoms in total. The highest BCUT2D eigenvalue weighted by molar-refractivity contribution is 5.87. The Hall–Kier alpha value is -2.66. The standard InChI is InChI=1S/C24H30N2O3/c1-17-8-10-19(11-9-17)20-7-5-6-18(14-20)15-24(21(25)27)16-26(12-13-29-24)22(28)23(2,3)4/h5-11,14H,12-13,15-16H2,1-4H3,(H2,25,27). The largest absolute Gasteiger partial charge is 0.367 e. The van der Waals surface area contributed by atoms with Gasteiger partial charge in [0.15, 0.2) is 5.60 Å². The highest BCUT2D eigenvalue weighted by atomic mass is 16.5. The van der Waals surface area contributed by atoms with Crippen molar-refractivity contribution in [3.63, 3.8) is 0 Å². The normalized spacial score (nSPS) is 19.8. The summed E-state index contributed by atoms with van der Waals surface area (Å²) in [5, 5.41) is 0. The third-order valence-corrected chi connectivity index (χ3v) is 5.37. The minimum atomic E-state index is -1.22. The van der Waals surface area contributed by atoms with E-state index in [0.717, 1.165) is 16.7 Å². The lowest BCUT2D eigenvalue weighted by atomic mass is 9.88. The van der Waals surface area contributed by atoms with E-state index in [9.17, 15) is 9.59 Å². The first-order valence-electron chi connectivity index (χ1n) is 10.00. The summed E-state index contributed by atoms with van der Waals surface area (Å²) in [6, 6.07) is 16.4. The van der Waals surface area contributed by atoms with Crippen LogP contribution in [-0.4, -0.2) is 42.0 Å². The molecular formula is C24H30N2O3. The van der Waals surface area contributed by atoms with Gasteiger partial charge in [0.1, 0.15) is 0 Å². The van der Waals surface area contributed by atoms with E-state index in [1.54, 1.807) is 4.90 Å². The molecule has 1 aliphatic rings. The van der Waals surface area contributed by atoms with Gasteiger partial charge in [-0.05, 0) is 23.6 Å². The summed E-state index contributed by atoms with van der Waals surface area (Å²) in [6.07, 6.45) is 0.329. The minimum absolute atomic E-state index is 0.000156. The van der Waals surface area contributed by atoms with Gasteiger partial charge in [-0.1, -0.05) is 74.9 Å². The average molecular weight is 395 g/mol. The lowest BCUT2D eigenvalue weighted by molar-refractivity contribution is -0.167. The fourth-order valence-corrected chi connectivity index (χ4v) is 3.71. The van der Waals surface area contributed by atoms with Crippen LogP contribution in [0.15, 0.2) is 48.5 Å². The van der Waals surface area contributed by atoms with Crippen LogP contribution < -0.4 is 5.73 Å². The average Bonchev–Trinajstić information content (AvgIpc) is 2.67. The van der Waals surface area contributed by atoms with Gasteiger partial charge in [-0.3, -0.25) is 9.59 Å². The second-order valence-electron chi connectivity index (χ2n) is 8.93. The second kappa shape index (κ2) is 7.99. The Balaban J connectivity index is 1.87.